The average Bonchev–Trinajstić information content (AvgIpc) is 2.73. The summed E-state index contributed by atoms with van der Waals surface area (Å²) in [5.41, 5.74) is 2.22. The topological polar surface area (TPSA) is 50.8 Å². The summed E-state index contributed by atoms with van der Waals surface area (Å²) in [6.45, 7) is 3.27. The van der Waals surface area contributed by atoms with E-state index >= 15 is 0 Å². The van der Waals surface area contributed by atoms with Crippen molar-refractivity contribution >= 4 is 5.91 Å². The molecule has 5 nitrogen and oxygen atoms in total. The SMILES string of the molecule is COc1ccc(C(CC(=O)N2CCNCC2)c2ccc(OC)cc2)cc1. The number of nitrogens with zero attached hydrogens (tertiary/aromatic N) is 1. The predicted octanol–water partition coefficient (Wildman–Crippen LogP) is 2.66. The monoisotopic (exact) mass is 354 g/mol. The first-order valence-electron chi connectivity index (χ1n) is 8.97. The van der Waals surface area contributed by atoms with Crippen LogP contribution in [-0.2, 0) is 4.79 Å². The molecule has 26 heavy (non-hydrogen) atoms. The molecule has 0 unspecified atom stereocenters. The van der Waals surface area contributed by atoms with Gasteiger partial charge in [-0.3, -0.25) is 4.79 Å². The van der Waals surface area contributed by atoms with Gasteiger partial charge in [0, 0.05) is 38.5 Å². The van der Waals surface area contributed by atoms with Gasteiger partial charge in [-0.2, -0.15) is 0 Å². The van der Waals surface area contributed by atoms with E-state index in [2.05, 4.69) is 5.32 Å². The molecule has 2 aromatic rings. The fraction of sp³-hybridized carbons (Fsp3) is 0.381. The summed E-state index contributed by atoms with van der Waals surface area (Å²) in [6, 6.07) is 15.9. The van der Waals surface area contributed by atoms with Gasteiger partial charge in [0.25, 0.3) is 0 Å². The second-order valence-electron chi connectivity index (χ2n) is 6.43. The Morgan fingerprint density at radius 2 is 1.38 bits per heavy atom. The van der Waals surface area contributed by atoms with Gasteiger partial charge in [0.2, 0.25) is 5.91 Å². The van der Waals surface area contributed by atoms with Crippen molar-refractivity contribution in [3.8, 4) is 11.5 Å². The molecule has 1 aliphatic rings. The van der Waals surface area contributed by atoms with Crippen LogP contribution in [0, 0.1) is 0 Å². The van der Waals surface area contributed by atoms with Crippen LogP contribution < -0.4 is 14.8 Å². The summed E-state index contributed by atoms with van der Waals surface area (Å²) >= 11 is 0. The first-order chi connectivity index (χ1) is 12.7. The third kappa shape index (κ3) is 4.35. The molecule has 0 spiro atoms. The van der Waals surface area contributed by atoms with E-state index in [4.69, 9.17) is 9.47 Å². The highest BCUT2D eigenvalue weighted by Crippen LogP contribution is 2.31. The van der Waals surface area contributed by atoms with Crippen LogP contribution in [-0.4, -0.2) is 51.2 Å². The van der Waals surface area contributed by atoms with Gasteiger partial charge in [-0.25, -0.2) is 0 Å². The molecule has 1 fully saturated rings. The third-order valence-electron chi connectivity index (χ3n) is 4.88. The van der Waals surface area contributed by atoms with E-state index in [0.717, 1.165) is 48.8 Å². The van der Waals surface area contributed by atoms with Crippen LogP contribution in [0.4, 0.5) is 0 Å². The Bertz CT molecular complexity index is 660. The minimum absolute atomic E-state index is 0.00852. The number of rotatable bonds is 6. The molecule has 3 rings (SSSR count). The lowest BCUT2D eigenvalue weighted by atomic mass is 9.88. The Morgan fingerprint density at radius 1 is 0.923 bits per heavy atom. The lowest BCUT2D eigenvalue weighted by molar-refractivity contribution is -0.132. The van der Waals surface area contributed by atoms with Gasteiger partial charge in [-0.15, -0.1) is 0 Å². The predicted molar refractivity (Wildman–Crippen MR) is 102 cm³/mol. The molecular weight excluding hydrogens is 328 g/mol. The zero-order chi connectivity index (χ0) is 18.4. The van der Waals surface area contributed by atoms with Crippen molar-refractivity contribution in [1.82, 2.24) is 10.2 Å². The van der Waals surface area contributed by atoms with Gasteiger partial charge < -0.3 is 19.7 Å². The van der Waals surface area contributed by atoms with Crippen LogP contribution in [0.15, 0.2) is 48.5 Å². The highest BCUT2D eigenvalue weighted by Gasteiger charge is 2.23. The number of ether oxygens (including phenoxy) is 2. The summed E-state index contributed by atoms with van der Waals surface area (Å²) in [5.74, 6) is 1.84. The Hall–Kier alpha value is -2.53. The van der Waals surface area contributed by atoms with E-state index in [1.807, 2.05) is 53.4 Å². The number of hydrogen-bond donors (Lipinski definition) is 1. The number of piperazine rings is 1. The summed E-state index contributed by atoms with van der Waals surface area (Å²) in [5, 5.41) is 3.29. The zero-order valence-electron chi connectivity index (χ0n) is 15.4. The number of methoxy groups -OCH3 is 2. The summed E-state index contributed by atoms with van der Waals surface area (Å²) in [4.78, 5) is 14.8. The van der Waals surface area contributed by atoms with Crippen molar-refractivity contribution in [1.29, 1.82) is 0 Å². The van der Waals surface area contributed by atoms with Crippen molar-refractivity contribution in [2.24, 2.45) is 0 Å². The largest absolute Gasteiger partial charge is 0.497 e. The number of amides is 1. The quantitative estimate of drug-likeness (QED) is 0.867. The zero-order valence-corrected chi connectivity index (χ0v) is 15.4. The number of nitrogens with one attached hydrogen (secondary N) is 1. The minimum atomic E-state index is 0.00852. The molecule has 0 bridgehead atoms. The Labute approximate surface area is 154 Å². The van der Waals surface area contributed by atoms with Gasteiger partial charge in [-0.05, 0) is 35.4 Å². The molecule has 0 saturated carbocycles. The maximum atomic E-state index is 12.9. The molecule has 0 aliphatic carbocycles. The van der Waals surface area contributed by atoms with Gasteiger partial charge in [-0.1, -0.05) is 24.3 Å². The van der Waals surface area contributed by atoms with Crippen molar-refractivity contribution in [3.63, 3.8) is 0 Å². The van der Waals surface area contributed by atoms with E-state index in [1.165, 1.54) is 0 Å². The van der Waals surface area contributed by atoms with Crippen LogP contribution in [0.2, 0.25) is 0 Å². The fourth-order valence-electron chi connectivity index (χ4n) is 3.32. The van der Waals surface area contributed by atoms with Gasteiger partial charge >= 0.3 is 0 Å². The van der Waals surface area contributed by atoms with Crippen molar-refractivity contribution in [2.45, 2.75) is 12.3 Å². The smallest absolute Gasteiger partial charge is 0.223 e. The molecule has 5 heteroatoms. The van der Waals surface area contributed by atoms with E-state index in [-0.39, 0.29) is 11.8 Å². The van der Waals surface area contributed by atoms with E-state index in [1.54, 1.807) is 14.2 Å². The first kappa shape index (κ1) is 18.3. The molecule has 138 valence electrons. The third-order valence-corrected chi connectivity index (χ3v) is 4.88. The first-order valence-corrected chi connectivity index (χ1v) is 8.97. The summed E-state index contributed by atoms with van der Waals surface area (Å²) in [6.07, 6.45) is 0.457. The molecule has 0 aromatic heterocycles. The minimum Gasteiger partial charge on any atom is -0.497 e. The van der Waals surface area contributed by atoms with Crippen LogP contribution in [0.3, 0.4) is 0 Å². The molecule has 1 amide bonds. The normalized spacial score (nSPS) is 14.3. The Balaban J connectivity index is 1.85. The van der Waals surface area contributed by atoms with E-state index in [9.17, 15) is 4.79 Å². The maximum absolute atomic E-state index is 12.9. The standard InChI is InChI=1S/C21H26N2O3/c1-25-18-7-3-16(4-8-18)20(17-5-9-19(26-2)10-6-17)15-21(24)23-13-11-22-12-14-23/h3-10,20,22H,11-15H2,1-2H3. The van der Waals surface area contributed by atoms with Crippen molar-refractivity contribution in [2.75, 3.05) is 40.4 Å². The molecule has 0 radical (unpaired) electrons. The highest BCUT2D eigenvalue weighted by molar-refractivity contribution is 5.78. The van der Waals surface area contributed by atoms with E-state index in [0.29, 0.717) is 6.42 Å². The fourth-order valence-corrected chi connectivity index (χ4v) is 3.32. The molecule has 2 aromatic carbocycles. The van der Waals surface area contributed by atoms with Crippen LogP contribution >= 0.6 is 0 Å². The highest BCUT2D eigenvalue weighted by atomic mass is 16.5. The lowest BCUT2D eigenvalue weighted by Gasteiger charge is -2.29. The van der Waals surface area contributed by atoms with E-state index < -0.39 is 0 Å². The molecule has 1 heterocycles. The second-order valence-corrected chi connectivity index (χ2v) is 6.43. The van der Waals surface area contributed by atoms with Crippen molar-refractivity contribution in [3.05, 3.63) is 59.7 Å². The van der Waals surface area contributed by atoms with Crippen molar-refractivity contribution < 1.29 is 14.3 Å². The summed E-state index contributed by atoms with van der Waals surface area (Å²) < 4.78 is 10.5. The van der Waals surface area contributed by atoms with Crippen LogP contribution in [0.25, 0.3) is 0 Å². The Morgan fingerprint density at radius 3 is 1.81 bits per heavy atom. The van der Waals surface area contributed by atoms with Gasteiger partial charge in [0.1, 0.15) is 11.5 Å². The number of benzene rings is 2. The molecule has 0 atom stereocenters. The number of carbonyl (C=O) groups excluding carboxylic acids is 1. The molecule has 1 saturated heterocycles. The van der Waals surface area contributed by atoms with Crippen LogP contribution in [0.5, 0.6) is 11.5 Å². The molecule has 1 N–H and O–H groups in total. The number of carbonyl (C=O) groups is 1. The number of hydrogen-bond acceptors (Lipinski definition) is 4. The average molecular weight is 354 g/mol. The summed E-state index contributed by atoms with van der Waals surface area (Å²) in [7, 11) is 3.31. The van der Waals surface area contributed by atoms with Gasteiger partial charge in [0.05, 0.1) is 14.2 Å². The second kappa shape index (κ2) is 8.72. The Kier molecular flexibility index (Phi) is 6.12. The molecule has 1 aliphatic heterocycles. The lowest BCUT2D eigenvalue weighted by Crippen LogP contribution is -2.46. The molecular formula is C21H26N2O3. The van der Waals surface area contributed by atoms with Crippen LogP contribution in [0.1, 0.15) is 23.5 Å². The van der Waals surface area contributed by atoms with Gasteiger partial charge in [0.15, 0.2) is 0 Å². The maximum Gasteiger partial charge on any atom is 0.223 e.